The Balaban J connectivity index is 1.48. The number of nitrogens with one attached hydrogen (secondary N) is 1. The predicted octanol–water partition coefficient (Wildman–Crippen LogP) is 1.93. The second kappa shape index (κ2) is 7.61. The molecule has 4 rings (SSSR count). The molecule has 1 saturated heterocycles. The van der Waals surface area contributed by atoms with E-state index < -0.39 is 0 Å². The van der Waals surface area contributed by atoms with Crippen LogP contribution in [0, 0.1) is 0 Å². The van der Waals surface area contributed by atoms with Gasteiger partial charge in [-0.15, -0.1) is 11.3 Å². The van der Waals surface area contributed by atoms with Gasteiger partial charge in [-0.3, -0.25) is 4.79 Å². The van der Waals surface area contributed by atoms with Gasteiger partial charge in [0.15, 0.2) is 5.65 Å². The van der Waals surface area contributed by atoms with E-state index >= 15 is 0 Å². The maximum Gasteiger partial charge on any atom is 0.261 e. The van der Waals surface area contributed by atoms with Crippen molar-refractivity contribution in [2.75, 3.05) is 24.5 Å². The Hall–Kier alpha value is -2.52. The van der Waals surface area contributed by atoms with Crippen LogP contribution in [0.15, 0.2) is 30.0 Å². The van der Waals surface area contributed by atoms with E-state index in [2.05, 4.69) is 39.1 Å². The molecule has 1 fully saturated rings. The predicted molar refractivity (Wildman–Crippen MR) is 104 cm³/mol. The van der Waals surface area contributed by atoms with Crippen LogP contribution in [0.25, 0.3) is 11.0 Å². The van der Waals surface area contributed by atoms with Crippen LogP contribution in [0.4, 0.5) is 5.82 Å². The summed E-state index contributed by atoms with van der Waals surface area (Å²) >= 11 is 1.43. The molecule has 1 N–H and O–H groups in total. The van der Waals surface area contributed by atoms with Crippen LogP contribution >= 0.6 is 11.3 Å². The summed E-state index contributed by atoms with van der Waals surface area (Å²) in [5.41, 5.74) is 0.775. The summed E-state index contributed by atoms with van der Waals surface area (Å²) in [6.45, 7) is 6.75. The zero-order valence-electron chi connectivity index (χ0n) is 15.3. The van der Waals surface area contributed by atoms with Gasteiger partial charge >= 0.3 is 0 Å². The van der Waals surface area contributed by atoms with Gasteiger partial charge in [-0.1, -0.05) is 6.07 Å². The van der Waals surface area contributed by atoms with Gasteiger partial charge in [0.05, 0.1) is 35.2 Å². The second-order valence-electron chi connectivity index (χ2n) is 6.70. The Kier molecular flexibility index (Phi) is 5.04. The average molecular weight is 386 g/mol. The number of morpholine rings is 1. The summed E-state index contributed by atoms with van der Waals surface area (Å²) in [6, 6.07) is 3.68. The fraction of sp³-hybridized carbons (Fsp3) is 0.444. The molecule has 4 heterocycles. The highest BCUT2D eigenvalue weighted by Crippen LogP contribution is 2.25. The lowest BCUT2D eigenvalue weighted by molar-refractivity contribution is -0.00537. The number of hydrogen-bond acceptors (Lipinski definition) is 7. The van der Waals surface area contributed by atoms with Crippen molar-refractivity contribution in [2.45, 2.75) is 32.6 Å². The molecule has 0 aliphatic carbocycles. The third kappa shape index (κ3) is 3.79. The van der Waals surface area contributed by atoms with E-state index in [1.807, 2.05) is 22.2 Å². The molecule has 27 heavy (non-hydrogen) atoms. The summed E-state index contributed by atoms with van der Waals surface area (Å²) in [5, 5.41) is 10.2. The molecular weight excluding hydrogens is 364 g/mol. The number of thiophene rings is 1. The first-order valence-electron chi connectivity index (χ1n) is 9.00. The molecule has 0 bridgehead atoms. The molecule has 0 saturated carbocycles. The lowest BCUT2D eigenvalue weighted by atomic mass is 10.2. The molecule has 2 atom stereocenters. The van der Waals surface area contributed by atoms with Crippen LogP contribution in [0.1, 0.15) is 23.5 Å². The van der Waals surface area contributed by atoms with Gasteiger partial charge in [0.25, 0.3) is 5.91 Å². The average Bonchev–Trinajstić information content (AvgIpc) is 3.30. The fourth-order valence-electron chi connectivity index (χ4n) is 3.42. The highest BCUT2D eigenvalue weighted by atomic mass is 32.1. The summed E-state index contributed by atoms with van der Waals surface area (Å²) in [6.07, 6.45) is 3.68. The summed E-state index contributed by atoms with van der Waals surface area (Å²) in [5.74, 6) is 0.823. The molecule has 142 valence electrons. The van der Waals surface area contributed by atoms with Crippen LogP contribution in [0.5, 0.6) is 0 Å². The van der Waals surface area contributed by atoms with Crippen LogP contribution in [-0.4, -0.2) is 57.5 Å². The Morgan fingerprint density at radius 1 is 1.33 bits per heavy atom. The van der Waals surface area contributed by atoms with Crippen LogP contribution in [0.2, 0.25) is 0 Å². The number of rotatable bonds is 5. The van der Waals surface area contributed by atoms with Crippen LogP contribution in [-0.2, 0) is 11.3 Å². The topological polar surface area (TPSA) is 85.2 Å². The van der Waals surface area contributed by atoms with Crippen molar-refractivity contribution in [3.05, 3.63) is 34.9 Å². The Morgan fingerprint density at radius 2 is 2.15 bits per heavy atom. The first-order chi connectivity index (χ1) is 13.1. The summed E-state index contributed by atoms with van der Waals surface area (Å²) < 4.78 is 7.62. The van der Waals surface area contributed by atoms with Gasteiger partial charge < -0.3 is 15.0 Å². The van der Waals surface area contributed by atoms with Crippen molar-refractivity contribution in [1.29, 1.82) is 0 Å². The minimum Gasteiger partial charge on any atom is -0.372 e. The van der Waals surface area contributed by atoms with Crippen molar-refractivity contribution >= 4 is 34.1 Å². The Labute approximate surface area is 161 Å². The van der Waals surface area contributed by atoms with Gasteiger partial charge in [-0.25, -0.2) is 14.6 Å². The molecule has 9 heteroatoms. The molecule has 3 aromatic heterocycles. The van der Waals surface area contributed by atoms with E-state index in [-0.39, 0.29) is 18.1 Å². The molecule has 8 nitrogen and oxygen atoms in total. The van der Waals surface area contributed by atoms with Gasteiger partial charge in [0.2, 0.25) is 0 Å². The molecule has 0 aromatic carbocycles. The molecular formula is C18H22N6O2S. The fourth-order valence-corrected chi connectivity index (χ4v) is 4.06. The van der Waals surface area contributed by atoms with E-state index in [0.29, 0.717) is 18.0 Å². The number of carbonyl (C=O) groups excluding carboxylic acids is 1. The molecule has 3 aromatic rings. The first-order valence-corrected chi connectivity index (χ1v) is 9.88. The van der Waals surface area contributed by atoms with Crippen molar-refractivity contribution in [3.63, 3.8) is 0 Å². The summed E-state index contributed by atoms with van der Waals surface area (Å²) in [4.78, 5) is 23.9. The van der Waals surface area contributed by atoms with E-state index in [4.69, 9.17) is 4.74 Å². The SMILES string of the molecule is CC1CN(c2ncnc3c2cnn3CCNC(=O)c2cccs2)CC(C)O1. The highest BCUT2D eigenvalue weighted by molar-refractivity contribution is 7.12. The smallest absolute Gasteiger partial charge is 0.261 e. The van der Waals surface area contributed by atoms with Gasteiger partial charge in [-0.05, 0) is 25.3 Å². The normalized spacial score (nSPS) is 20.1. The molecule has 0 spiro atoms. The van der Waals surface area contributed by atoms with E-state index in [0.717, 1.165) is 29.9 Å². The van der Waals surface area contributed by atoms with Gasteiger partial charge in [0.1, 0.15) is 12.1 Å². The zero-order valence-corrected chi connectivity index (χ0v) is 16.1. The van der Waals surface area contributed by atoms with E-state index in [1.165, 1.54) is 11.3 Å². The lowest BCUT2D eigenvalue weighted by Gasteiger charge is -2.36. The van der Waals surface area contributed by atoms with Crippen molar-refractivity contribution in [2.24, 2.45) is 0 Å². The van der Waals surface area contributed by atoms with Crippen molar-refractivity contribution in [1.82, 2.24) is 25.1 Å². The van der Waals surface area contributed by atoms with Gasteiger partial charge in [0, 0.05) is 19.6 Å². The zero-order chi connectivity index (χ0) is 18.8. The Bertz CT molecular complexity index is 915. The Morgan fingerprint density at radius 3 is 2.89 bits per heavy atom. The number of fused-ring (bicyclic) bond motifs is 1. The largest absolute Gasteiger partial charge is 0.372 e. The summed E-state index contributed by atoms with van der Waals surface area (Å²) in [7, 11) is 0. The van der Waals surface area contributed by atoms with E-state index in [1.54, 1.807) is 12.5 Å². The standard InChI is InChI=1S/C18H22N6O2S/c1-12-9-23(10-13(2)26-12)16-14-8-22-24(17(14)21-11-20-16)6-5-19-18(25)15-4-3-7-27-15/h3-4,7-8,11-13H,5-6,9-10H2,1-2H3,(H,19,25). The lowest BCUT2D eigenvalue weighted by Crippen LogP contribution is -2.45. The van der Waals surface area contributed by atoms with Crippen molar-refractivity contribution in [3.8, 4) is 0 Å². The number of anilines is 1. The van der Waals surface area contributed by atoms with E-state index in [9.17, 15) is 4.79 Å². The molecule has 1 amide bonds. The quantitative estimate of drug-likeness (QED) is 0.721. The molecule has 2 unspecified atom stereocenters. The molecule has 0 radical (unpaired) electrons. The maximum absolute atomic E-state index is 12.0. The number of hydrogen-bond donors (Lipinski definition) is 1. The number of ether oxygens (including phenoxy) is 1. The molecule has 1 aliphatic rings. The third-order valence-corrected chi connectivity index (χ3v) is 5.35. The highest BCUT2D eigenvalue weighted by Gasteiger charge is 2.25. The third-order valence-electron chi connectivity index (χ3n) is 4.49. The molecule has 1 aliphatic heterocycles. The maximum atomic E-state index is 12.0. The monoisotopic (exact) mass is 386 g/mol. The number of amides is 1. The second-order valence-corrected chi connectivity index (χ2v) is 7.65. The number of nitrogens with zero attached hydrogens (tertiary/aromatic N) is 5. The van der Waals surface area contributed by atoms with Crippen LogP contribution < -0.4 is 10.2 Å². The number of aromatic nitrogens is 4. The minimum atomic E-state index is -0.0620. The van der Waals surface area contributed by atoms with Crippen molar-refractivity contribution < 1.29 is 9.53 Å². The van der Waals surface area contributed by atoms with Crippen LogP contribution in [0.3, 0.4) is 0 Å². The minimum absolute atomic E-state index is 0.0620. The van der Waals surface area contributed by atoms with Gasteiger partial charge in [-0.2, -0.15) is 5.10 Å². The first kappa shape index (κ1) is 17.9. The number of carbonyl (C=O) groups is 1.